The van der Waals surface area contributed by atoms with E-state index >= 15 is 0 Å². The first-order valence-electron chi connectivity index (χ1n) is 6.93. The third kappa shape index (κ3) is 3.78. The normalized spacial score (nSPS) is 22.9. The highest BCUT2D eigenvalue weighted by molar-refractivity contribution is 9.10. The first-order valence-corrected chi connectivity index (χ1v) is 7.72. The number of alkyl halides is 3. The van der Waals surface area contributed by atoms with Gasteiger partial charge in [0.15, 0.2) is 0 Å². The van der Waals surface area contributed by atoms with E-state index < -0.39 is 24.0 Å². The minimum atomic E-state index is -4.26. The molecule has 0 aromatic heterocycles. The number of rotatable bonds is 2. The van der Waals surface area contributed by atoms with Crippen LogP contribution in [-0.4, -0.2) is 18.1 Å². The molecule has 1 amide bonds. The summed E-state index contributed by atoms with van der Waals surface area (Å²) in [6.45, 7) is 1.83. The molecule has 116 valence electrons. The summed E-state index contributed by atoms with van der Waals surface area (Å²) in [7, 11) is 0. The third-order valence-corrected chi connectivity index (χ3v) is 4.99. The molecule has 1 aliphatic carbocycles. The van der Waals surface area contributed by atoms with Gasteiger partial charge in [0.25, 0.3) is 5.91 Å². The number of benzene rings is 1. The van der Waals surface area contributed by atoms with Crippen LogP contribution >= 0.6 is 15.9 Å². The molecule has 2 atom stereocenters. The van der Waals surface area contributed by atoms with E-state index in [0.717, 1.165) is 5.56 Å². The summed E-state index contributed by atoms with van der Waals surface area (Å²) in [4.78, 5) is 12.3. The van der Waals surface area contributed by atoms with Crippen LogP contribution in [0.4, 0.5) is 13.2 Å². The van der Waals surface area contributed by atoms with E-state index in [1.165, 1.54) is 0 Å². The van der Waals surface area contributed by atoms with Gasteiger partial charge in [-0.2, -0.15) is 13.2 Å². The van der Waals surface area contributed by atoms with Crippen LogP contribution in [0.25, 0.3) is 0 Å². The van der Waals surface area contributed by atoms with Gasteiger partial charge in [-0.05, 0) is 47.3 Å². The van der Waals surface area contributed by atoms with Crippen molar-refractivity contribution in [3.05, 3.63) is 33.8 Å². The molecule has 1 N–H and O–H groups in total. The van der Waals surface area contributed by atoms with E-state index in [4.69, 9.17) is 0 Å². The summed E-state index contributed by atoms with van der Waals surface area (Å²) >= 11 is 3.32. The zero-order chi connectivity index (χ0) is 15.6. The van der Waals surface area contributed by atoms with Gasteiger partial charge in [0, 0.05) is 10.5 Å². The molecule has 2 nitrogen and oxygen atoms in total. The lowest BCUT2D eigenvalue weighted by Gasteiger charge is -2.33. The minimum Gasteiger partial charge on any atom is -0.349 e. The second kappa shape index (κ2) is 6.38. The Morgan fingerprint density at radius 1 is 1.29 bits per heavy atom. The van der Waals surface area contributed by atoms with Crippen LogP contribution in [0.2, 0.25) is 0 Å². The Hall–Kier alpha value is -1.04. The Morgan fingerprint density at radius 2 is 1.95 bits per heavy atom. The van der Waals surface area contributed by atoms with Gasteiger partial charge < -0.3 is 5.32 Å². The third-order valence-electron chi connectivity index (χ3n) is 3.94. The SMILES string of the molecule is Cc1cccc(C(=O)NC2CCCCC2C(F)(F)F)c1Br. The van der Waals surface area contributed by atoms with Crippen LogP contribution in [0.5, 0.6) is 0 Å². The van der Waals surface area contributed by atoms with Crippen LogP contribution in [0.1, 0.15) is 41.6 Å². The fourth-order valence-corrected chi connectivity index (χ4v) is 3.21. The molecule has 0 spiro atoms. The Morgan fingerprint density at radius 3 is 2.62 bits per heavy atom. The van der Waals surface area contributed by atoms with Crippen LogP contribution in [0.15, 0.2) is 22.7 Å². The highest BCUT2D eigenvalue weighted by Crippen LogP contribution is 2.38. The standard InChI is InChI=1S/C15H17BrF3NO/c1-9-5-4-6-10(13(9)16)14(21)20-12-8-3-2-7-11(12)15(17,18)19/h4-6,11-12H,2-3,7-8H2,1H3,(H,20,21). The summed E-state index contributed by atoms with van der Waals surface area (Å²) in [6.07, 6.45) is -2.53. The zero-order valence-electron chi connectivity index (χ0n) is 11.6. The summed E-state index contributed by atoms with van der Waals surface area (Å²) < 4.78 is 39.7. The summed E-state index contributed by atoms with van der Waals surface area (Å²) in [5, 5.41) is 2.57. The van der Waals surface area contributed by atoms with Crippen molar-refractivity contribution in [3.8, 4) is 0 Å². The Bertz CT molecular complexity index is 530. The lowest BCUT2D eigenvalue weighted by molar-refractivity contribution is -0.187. The van der Waals surface area contributed by atoms with Gasteiger partial charge in [-0.3, -0.25) is 4.79 Å². The van der Waals surface area contributed by atoms with Gasteiger partial charge in [-0.25, -0.2) is 0 Å². The molecule has 0 radical (unpaired) electrons. The van der Waals surface area contributed by atoms with Gasteiger partial charge >= 0.3 is 6.18 Å². The van der Waals surface area contributed by atoms with Gasteiger partial charge in [0.05, 0.1) is 11.5 Å². The molecular formula is C15H17BrF3NO. The van der Waals surface area contributed by atoms with Crippen LogP contribution < -0.4 is 5.32 Å². The number of aryl methyl sites for hydroxylation is 1. The molecule has 0 saturated heterocycles. The van der Waals surface area contributed by atoms with E-state index in [2.05, 4.69) is 21.2 Å². The average Bonchev–Trinajstić information content (AvgIpc) is 2.41. The van der Waals surface area contributed by atoms with E-state index in [0.29, 0.717) is 29.3 Å². The molecular weight excluding hydrogens is 347 g/mol. The average molecular weight is 364 g/mol. The van der Waals surface area contributed by atoms with Crippen molar-refractivity contribution in [3.63, 3.8) is 0 Å². The molecule has 0 aliphatic heterocycles. The number of carbonyl (C=O) groups is 1. The molecule has 1 aromatic carbocycles. The van der Waals surface area contributed by atoms with Crippen molar-refractivity contribution in [1.29, 1.82) is 0 Å². The maximum absolute atomic E-state index is 13.0. The molecule has 2 rings (SSSR count). The van der Waals surface area contributed by atoms with E-state index in [-0.39, 0.29) is 6.42 Å². The predicted octanol–water partition coefficient (Wildman–Crippen LogP) is 4.61. The van der Waals surface area contributed by atoms with Crippen molar-refractivity contribution in [1.82, 2.24) is 5.32 Å². The quantitative estimate of drug-likeness (QED) is 0.816. The van der Waals surface area contributed by atoms with Gasteiger partial charge in [0.2, 0.25) is 0 Å². The molecule has 1 aromatic rings. The highest BCUT2D eigenvalue weighted by Gasteiger charge is 2.46. The molecule has 6 heteroatoms. The largest absolute Gasteiger partial charge is 0.393 e. The first kappa shape index (κ1) is 16.3. The highest BCUT2D eigenvalue weighted by atomic mass is 79.9. The second-order valence-electron chi connectivity index (χ2n) is 5.45. The van der Waals surface area contributed by atoms with Crippen molar-refractivity contribution < 1.29 is 18.0 Å². The minimum absolute atomic E-state index is 0.0867. The fraction of sp³-hybridized carbons (Fsp3) is 0.533. The fourth-order valence-electron chi connectivity index (χ4n) is 2.76. The molecule has 1 saturated carbocycles. The molecule has 0 bridgehead atoms. The number of amides is 1. The zero-order valence-corrected chi connectivity index (χ0v) is 13.2. The lowest BCUT2D eigenvalue weighted by atomic mass is 9.84. The summed E-state index contributed by atoms with van der Waals surface area (Å²) in [5.74, 6) is -1.90. The molecule has 0 heterocycles. The smallest absolute Gasteiger partial charge is 0.349 e. The lowest BCUT2D eigenvalue weighted by Crippen LogP contribution is -2.47. The van der Waals surface area contributed by atoms with Crippen LogP contribution in [0.3, 0.4) is 0 Å². The van der Waals surface area contributed by atoms with Crippen molar-refractivity contribution in [2.75, 3.05) is 0 Å². The van der Waals surface area contributed by atoms with Gasteiger partial charge in [-0.15, -0.1) is 0 Å². The van der Waals surface area contributed by atoms with Gasteiger partial charge in [0.1, 0.15) is 0 Å². The monoisotopic (exact) mass is 363 g/mol. The topological polar surface area (TPSA) is 29.1 Å². The molecule has 21 heavy (non-hydrogen) atoms. The Labute approximate surface area is 130 Å². The second-order valence-corrected chi connectivity index (χ2v) is 6.24. The maximum atomic E-state index is 13.0. The van der Waals surface area contributed by atoms with Crippen LogP contribution in [0, 0.1) is 12.8 Å². The van der Waals surface area contributed by atoms with Gasteiger partial charge in [-0.1, -0.05) is 25.0 Å². The predicted molar refractivity (Wildman–Crippen MR) is 78.1 cm³/mol. The molecule has 1 aliphatic rings. The molecule has 2 unspecified atom stereocenters. The maximum Gasteiger partial charge on any atom is 0.393 e. The van der Waals surface area contributed by atoms with Crippen molar-refractivity contribution >= 4 is 21.8 Å². The summed E-state index contributed by atoms with van der Waals surface area (Å²) in [5.41, 5.74) is 1.25. The van der Waals surface area contributed by atoms with E-state index in [9.17, 15) is 18.0 Å². The Balaban J connectivity index is 2.15. The number of carbonyl (C=O) groups excluding carboxylic acids is 1. The van der Waals surface area contributed by atoms with Crippen molar-refractivity contribution in [2.24, 2.45) is 5.92 Å². The number of hydrogen-bond acceptors (Lipinski definition) is 1. The van der Waals surface area contributed by atoms with Crippen LogP contribution in [-0.2, 0) is 0 Å². The first-order chi connectivity index (χ1) is 9.80. The number of halogens is 4. The van der Waals surface area contributed by atoms with E-state index in [1.54, 1.807) is 12.1 Å². The number of nitrogens with one attached hydrogen (secondary N) is 1. The summed E-state index contributed by atoms with van der Waals surface area (Å²) in [6, 6.07) is 4.33. The Kier molecular flexibility index (Phi) is 4.96. The number of hydrogen-bond donors (Lipinski definition) is 1. The molecule has 1 fully saturated rings. The van der Waals surface area contributed by atoms with E-state index in [1.807, 2.05) is 13.0 Å². The van der Waals surface area contributed by atoms with Crippen molar-refractivity contribution in [2.45, 2.75) is 44.8 Å².